The molecule has 1 unspecified atom stereocenters. The minimum atomic E-state index is -1.22. The van der Waals surface area contributed by atoms with E-state index in [4.69, 9.17) is 5.11 Å². The van der Waals surface area contributed by atoms with Crippen LogP contribution in [0.2, 0.25) is 0 Å². The highest BCUT2D eigenvalue weighted by atomic mass is 79.9. The molecular weight excluding hydrogens is 288 g/mol. The molecule has 1 atom stereocenters. The highest BCUT2D eigenvalue weighted by Gasteiger charge is 2.14. The molecule has 0 bridgehead atoms. The van der Waals surface area contributed by atoms with Crippen molar-refractivity contribution in [2.75, 3.05) is 5.32 Å². The predicted octanol–water partition coefficient (Wildman–Crippen LogP) is 2.18. The maximum atomic E-state index is 11.6. The Morgan fingerprint density at radius 3 is 2.41 bits per heavy atom. The molecule has 0 fully saturated rings. The number of hydrogen-bond acceptors (Lipinski definition) is 2. The van der Waals surface area contributed by atoms with Crippen LogP contribution in [0.5, 0.6) is 0 Å². The maximum absolute atomic E-state index is 11.6. The number of anilines is 1. The first-order valence-corrected chi connectivity index (χ1v) is 6.10. The Hall–Kier alpha value is -1.56. The van der Waals surface area contributed by atoms with E-state index in [0.29, 0.717) is 5.69 Å². The number of carbonyl (C=O) groups is 2. The third-order valence-electron chi connectivity index (χ3n) is 2.11. The number of rotatable bonds is 4. The second-order valence-corrected chi connectivity index (χ2v) is 4.05. The number of halogens is 1. The Balaban J connectivity index is 2.58. The average Bonchev–Trinajstić information content (AvgIpc) is 2.29. The standard InChI is InChI=1S/C11H13BrN2O3/c1-7(13-11(16)17)10(15)14-9-4-2-8(6-12)3-5-9/h2-5,7,13H,6H2,1H3,(H,14,15)(H,16,17). The molecule has 5 nitrogen and oxygen atoms in total. The van der Waals surface area contributed by atoms with Crippen molar-refractivity contribution in [1.29, 1.82) is 0 Å². The molecular formula is C11H13BrN2O3. The van der Waals surface area contributed by atoms with Crippen LogP contribution >= 0.6 is 15.9 Å². The van der Waals surface area contributed by atoms with Crippen LogP contribution in [0.1, 0.15) is 12.5 Å². The van der Waals surface area contributed by atoms with Gasteiger partial charge in [-0.25, -0.2) is 4.79 Å². The smallest absolute Gasteiger partial charge is 0.405 e. The van der Waals surface area contributed by atoms with Gasteiger partial charge in [0.25, 0.3) is 0 Å². The van der Waals surface area contributed by atoms with E-state index in [1.807, 2.05) is 12.1 Å². The first-order chi connectivity index (χ1) is 8.02. The number of alkyl halides is 1. The van der Waals surface area contributed by atoms with Gasteiger partial charge in [0.05, 0.1) is 0 Å². The molecule has 92 valence electrons. The van der Waals surface area contributed by atoms with E-state index < -0.39 is 12.1 Å². The van der Waals surface area contributed by atoms with Crippen molar-refractivity contribution < 1.29 is 14.7 Å². The van der Waals surface area contributed by atoms with E-state index in [9.17, 15) is 9.59 Å². The Morgan fingerprint density at radius 2 is 1.94 bits per heavy atom. The molecule has 0 saturated carbocycles. The summed E-state index contributed by atoms with van der Waals surface area (Å²) in [6.07, 6.45) is -1.22. The number of amides is 2. The first kappa shape index (κ1) is 13.5. The predicted molar refractivity (Wildman–Crippen MR) is 68.3 cm³/mol. The van der Waals surface area contributed by atoms with Crippen molar-refractivity contribution in [2.45, 2.75) is 18.3 Å². The van der Waals surface area contributed by atoms with Gasteiger partial charge in [-0.15, -0.1) is 0 Å². The summed E-state index contributed by atoms with van der Waals surface area (Å²) in [6.45, 7) is 1.48. The Labute approximate surface area is 107 Å². The molecule has 3 N–H and O–H groups in total. The van der Waals surface area contributed by atoms with Gasteiger partial charge in [0.2, 0.25) is 5.91 Å². The van der Waals surface area contributed by atoms with E-state index >= 15 is 0 Å². The fourth-order valence-electron chi connectivity index (χ4n) is 1.18. The highest BCUT2D eigenvalue weighted by molar-refractivity contribution is 9.08. The summed E-state index contributed by atoms with van der Waals surface area (Å²) in [4.78, 5) is 21.9. The fourth-order valence-corrected chi connectivity index (χ4v) is 1.55. The summed E-state index contributed by atoms with van der Waals surface area (Å²) < 4.78 is 0. The summed E-state index contributed by atoms with van der Waals surface area (Å²) >= 11 is 3.32. The van der Waals surface area contributed by atoms with Crippen molar-refractivity contribution in [3.8, 4) is 0 Å². The van der Waals surface area contributed by atoms with E-state index in [1.54, 1.807) is 12.1 Å². The zero-order valence-electron chi connectivity index (χ0n) is 9.24. The molecule has 6 heteroatoms. The molecule has 0 heterocycles. The largest absolute Gasteiger partial charge is 0.465 e. The SMILES string of the molecule is CC(NC(=O)O)C(=O)Nc1ccc(CBr)cc1. The Morgan fingerprint density at radius 1 is 1.35 bits per heavy atom. The molecule has 0 aliphatic heterocycles. The van der Waals surface area contributed by atoms with Crippen LogP contribution in [0, 0.1) is 0 Å². The minimum absolute atomic E-state index is 0.390. The van der Waals surface area contributed by atoms with Gasteiger partial charge in [-0.3, -0.25) is 4.79 Å². The number of carbonyl (C=O) groups excluding carboxylic acids is 1. The first-order valence-electron chi connectivity index (χ1n) is 4.98. The number of benzene rings is 1. The van der Waals surface area contributed by atoms with Crippen molar-refractivity contribution >= 4 is 33.6 Å². The summed E-state index contributed by atoms with van der Waals surface area (Å²) in [5.74, 6) is -0.390. The molecule has 1 aromatic rings. The van der Waals surface area contributed by atoms with Gasteiger partial charge >= 0.3 is 6.09 Å². The van der Waals surface area contributed by atoms with Gasteiger partial charge in [0.15, 0.2) is 0 Å². The summed E-state index contributed by atoms with van der Waals surface area (Å²) in [5, 5.41) is 13.9. The van der Waals surface area contributed by atoms with Crippen LogP contribution in [0.25, 0.3) is 0 Å². The van der Waals surface area contributed by atoms with Crippen molar-refractivity contribution in [2.24, 2.45) is 0 Å². The molecule has 17 heavy (non-hydrogen) atoms. The van der Waals surface area contributed by atoms with Crippen molar-refractivity contribution in [3.63, 3.8) is 0 Å². The third kappa shape index (κ3) is 4.44. The van der Waals surface area contributed by atoms with Crippen LogP contribution in [-0.2, 0) is 10.1 Å². The number of nitrogens with one attached hydrogen (secondary N) is 2. The topological polar surface area (TPSA) is 78.4 Å². The van der Waals surface area contributed by atoms with Crippen LogP contribution < -0.4 is 10.6 Å². The second-order valence-electron chi connectivity index (χ2n) is 3.49. The molecule has 2 amide bonds. The van der Waals surface area contributed by atoms with E-state index in [-0.39, 0.29) is 5.91 Å². The number of hydrogen-bond donors (Lipinski definition) is 3. The van der Waals surface area contributed by atoms with Gasteiger partial charge in [-0.2, -0.15) is 0 Å². The van der Waals surface area contributed by atoms with Gasteiger partial charge in [-0.1, -0.05) is 28.1 Å². The lowest BCUT2D eigenvalue weighted by Gasteiger charge is -2.12. The van der Waals surface area contributed by atoms with Crippen molar-refractivity contribution in [3.05, 3.63) is 29.8 Å². The van der Waals surface area contributed by atoms with Gasteiger partial charge in [0, 0.05) is 11.0 Å². The lowest BCUT2D eigenvalue weighted by molar-refractivity contribution is -0.117. The van der Waals surface area contributed by atoms with Gasteiger partial charge in [-0.05, 0) is 24.6 Å². The van der Waals surface area contributed by atoms with E-state index in [1.165, 1.54) is 6.92 Å². The summed E-state index contributed by atoms with van der Waals surface area (Å²) in [7, 11) is 0. The third-order valence-corrected chi connectivity index (χ3v) is 2.76. The Kier molecular flexibility index (Phi) is 4.96. The molecule has 0 saturated heterocycles. The highest BCUT2D eigenvalue weighted by Crippen LogP contribution is 2.12. The van der Waals surface area contributed by atoms with Crippen LogP contribution in [0.3, 0.4) is 0 Å². The van der Waals surface area contributed by atoms with Crippen molar-refractivity contribution in [1.82, 2.24) is 5.32 Å². The maximum Gasteiger partial charge on any atom is 0.405 e. The summed E-state index contributed by atoms with van der Waals surface area (Å²) in [5.41, 5.74) is 1.73. The molecule has 0 spiro atoms. The quantitative estimate of drug-likeness (QED) is 0.746. The van der Waals surface area contributed by atoms with Gasteiger partial charge in [0.1, 0.15) is 6.04 Å². The molecule has 0 aliphatic carbocycles. The second kappa shape index (κ2) is 6.24. The minimum Gasteiger partial charge on any atom is -0.465 e. The van der Waals surface area contributed by atoms with E-state index in [2.05, 4.69) is 26.6 Å². The molecule has 0 aromatic heterocycles. The summed E-state index contributed by atoms with van der Waals surface area (Å²) in [6, 6.07) is 6.49. The van der Waals surface area contributed by atoms with Crippen LogP contribution in [0.4, 0.5) is 10.5 Å². The zero-order valence-corrected chi connectivity index (χ0v) is 10.8. The van der Waals surface area contributed by atoms with E-state index in [0.717, 1.165) is 10.9 Å². The normalized spacial score (nSPS) is 11.6. The molecule has 0 radical (unpaired) electrons. The lowest BCUT2D eigenvalue weighted by atomic mass is 10.2. The molecule has 0 aliphatic rings. The average molecular weight is 301 g/mol. The van der Waals surface area contributed by atoms with Crippen LogP contribution in [0.15, 0.2) is 24.3 Å². The zero-order chi connectivity index (χ0) is 12.8. The Bertz CT molecular complexity index is 406. The monoisotopic (exact) mass is 300 g/mol. The van der Waals surface area contributed by atoms with Crippen LogP contribution in [-0.4, -0.2) is 23.1 Å². The number of carboxylic acid groups (broad SMARTS) is 1. The molecule has 1 aromatic carbocycles. The molecule has 1 rings (SSSR count). The fraction of sp³-hybridized carbons (Fsp3) is 0.273. The van der Waals surface area contributed by atoms with Gasteiger partial charge < -0.3 is 15.7 Å². The lowest BCUT2D eigenvalue weighted by Crippen LogP contribution is -2.40.